The molecule has 4 rings (SSSR count). The van der Waals surface area contributed by atoms with E-state index in [1.54, 1.807) is 39.9 Å². The zero-order valence-electron chi connectivity index (χ0n) is 16.0. The van der Waals surface area contributed by atoms with Crippen molar-refractivity contribution in [2.75, 3.05) is 16.8 Å². The summed E-state index contributed by atoms with van der Waals surface area (Å²) in [6.45, 7) is 4.13. The minimum absolute atomic E-state index is 0.0986. The van der Waals surface area contributed by atoms with E-state index in [0.717, 1.165) is 17.1 Å². The fourth-order valence-corrected chi connectivity index (χ4v) is 3.50. The highest BCUT2D eigenvalue weighted by atomic mass is 35.5. The van der Waals surface area contributed by atoms with E-state index in [2.05, 4.69) is 20.4 Å². The quantitative estimate of drug-likeness (QED) is 0.713. The molecule has 29 heavy (non-hydrogen) atoms. The number of rotatable bonds is 4. The van der Waals surface area contributed by atoms with E-state index in [1.807, 2.05) is 19.9 Å². The Balaban J connectivity index is 1.47. The Morgan fingerprint density at radius 1 is 1.17 bits per heavy atom. The Bertz CT molecular complexity index is 1080. The van der Waals surface area contributed by atoms with Gasteiger partial charge in [-0.2, -0.15) is 5.10 Å². The molecule has 0 radical (unpaired) electrons. The lowest BCUT2D eigenvalue weighted by Gasteiger charge is -2.16. The van der Waals surface area contributed by atoms with Gasteiger partial charge in [0.1, 0.15) is 12.1 Å². The van der Waals surface area contributed by atoms with Crippen molar-refractivity contribution in [3.8, 4) is 5.82 Å². The third-order valence-corrected chi connectivity index (χ3v) is 5.02. The lowest BCUT2D eigenvalue weighted by Crippen LogP contribution is -2.28. The van der Waals surface area contributed by atoms with Gasteiger partial charge in [-0.25, -0.2) is 14.6 Å². The molecule has 8 nitrogen and oxygen atoms in total. The zero-order chi connectivity index (χ0) is 20.5. The maximum Gasteiger partial charge on any atom is 0.230 e. The average Bonchev–Trinajstić information content (AvgIpc) is 3.24. The maximum atomic E-state index is 12.7. The molecule has 1 unspecified atom stereocenters. The summed E-state index contributed by atoms with van der Waals surface area (Å²) in [4.78, 5) is 35.0. The van der Waals surface area contributed by atoms with E-state index < -0.39 is 5.92 Å². The van der Waals surface area contributed by atoms with Gasteiger partial charge in [0.2, 0.25) is 11.8 Å². The molecule has 0 aliphatic carbocycles. The van der Waals surface area contributed by atoms with Gasteiger partial charge < -0.3 is 10.2 Å². The number of amides is 2. The molecule has 2 amide bonds. The van der Waals surface area contributed by atoms with Crippen molar-refractivity contribution < 1.29 is 9.59 Å². The van der Waals surface area contributed by atoms with Crippen LogP contribution < -0.4 is 10.2 Å². The van der Waals surface area contributed by atoms with E-state index >= 15 is 0 Å². The Kier molecular flexibility index (Phi) is 5.02. The highest BCUT2D eigenvalue weighted by Gasteiger charge is 2.35. The van der Waals surface area contributed by atoms with E-state index in [4.69, 9.17) is 11.6 Å². The predicted molar refractivity (Wildman–Crippen MR) is 109 cm³/mol. The number of nitrogens with zero attached hydrogens (tertiary/aromatic N) is 5. The van der Waals surface area contributed by atoms with Crippen molar-refractivity contribution in [1.82, 2.24) is 19.7 Å². The van der Waals surface area contributed by atoms with Crippen LogP contribution in [0, 0.1) is 19.8 Å². The zero-order valence-corrected chi connectivity index (χ0v) is 16.7. The number of benzene rings is 1. The molecule has 1 saturated heterocycles. The number of aryl methyl sites for hydroxylation is 2. The number of aromatic nitrogens is 4. The first-order chi connectivity index (χ1) is 13.9. The molecule has 3 heterocycles. The fraction of sp³-hybridized carbons (Fsp3) is 0.250. The van der Waals surface area contributed by atoms with Gasteiger partial charge in [0.05, 0.1) is 11.6 Å². The molecule has 1 aliphatic heterocycles. The lowest BCUT2D eigenvalue weighted by molar-refractivity contribution is -0.122. The SMILES string of the molecule is Cc1cc(C)n(-c2cc(NC(=O)C3CC(=O)N(c4ccc(Cl)cc4)C3)ncn2)n1. The molecule has 1 N–H and O–H groups in total. The van der Waals surface area contributed by atoms with Gasteiger partial charge in [-0.05, 0) is 44.2 Å². The van der Waals surface area contributed by atoms with Crippen LogP contribution in [0.15, 0.2) is 42.7 Å². The summed E-state index contributed by atoms with van der Waals surface area (Å²) >= 11 is 5.91. The van der Waals surface area contributed by atoms with Crippen molar-refractivity contribution in [1.29, 1.82) is 0 Å². The van der Waals surface area contributed by atoms with Gasteiger partial charge in [-0.1, -0.05) is 11.6 Å². The van der Waals surface area contributed by atoms with Crippen molar-refractivity contribution in [2.45, 2.75) is 20.3 Å². The van der Waals surface area contributed by atoms with Crippen LogP contribution in [0.4, 0.5) is 11.5 Å². The summed E-state index contributed by atoms with van der Waals surface area (Å²) in [6, 6.07) is 10.6. The number of hydrogen-bond donors (Lipinski definition) is 1. The summed E-state index contributed by atoms with van der Waals surface area (Å²) in [6.07, 6.45) is 1.52. The molecule has 2 aromatic heterocycles. The molecule has 0 bridgehead atoms. The van der Waals surface area contributed by atoms with Gasteiger partial charge in [-0.3, -0.25) is 9.59 Å². The summed E-state index contributed by atoms with van der Waals surface area (Å²) in [5.74, 6) is 0.104. The first-order valence-corrected chi connectivity index (χ1v) is 9.51. The molecule has 1 fully saturated rings. The van der Waals surface area contributed by atoms with Gasteiger partial charge in [0.25, 0.3) is 0 Å². The van der Waals surface area contributed by atoms with Crippen LogP contribution in [0.2, 0.25) is 5.02 Å². The largest absolute Gasteiger partial charge is 0.312 e. The summed E-state index contributed by atoms with van der Waals surface area (Å²) < 4.78 is 1.69. The predicted octanol–water partition coefficient (Wildman–Crippen LogP) is 2.92. The monoisotopic (exact) mass is 410 g/mol. The molecule has 1 aromatic carbocycles. The number of nitrogens with one attached hydrogen (secondary N) is 1. The second-order valence-electron chi connectivity index (χ2n) is 6.97. The van der Waals surface area contributed by atoms with Crippen LogP contribution in [0.25, 0.3) is 5.82 Å². The molecular formula is C20H19ClN6O2. The van der Waals surface area contributed by atoms with E-state index in [1.165, 1.54) is 6.33 Å². The van der Waals surface area contributed by atoms with Gasteiger partial charge >= 0.3 is 0 Å². The van der Waals surface area contributed by atoms with Crippen molar-refractivity contribution in [3.63, 3.8) is 0 Å². The van der Waals surface area contributed by atoms with E-state index in [9.17, 15) is 9.59 Å². The number of hydrogen-bond acceptors (Lipinski definition) is 5. The second-order valence-corrected chi connectivity index (χ2v) is 7.41. The number of anilines is 2. The molecule has 0 saturated carbocycles. The molecule has 9 heteroatoms. The smallest absolute Gasteiger partial charge is 0.230 e. The molecule has 0 spiro atoms. The van der Waals surface area contributed by atoms with Gasteiger partial charge in [0.15, 0.2) is 5.82 Å². The summed E-state index contributed by atoms with van der Waals surface area (Å²) in [5, 5.41) is 7.78. The van der Waals surface area contributed by atoms with Crippen LogP contribution in [-0.4, -0.2) is 38.1 Å². The number of carbonyl (C=O) groups is 2. The normalized spacial score (nSPS) is 16.3. The molecular weight excluding hydrogens is 392 g/mol. The lowest BCUT2D eigenvalue weighted by atomic mass is 10.1. The third kappa shape index (κ3) is 3.97. The Morgan fingerprint density at radius 3 is 2.62 bits per heavy atom. The van der Waals surface area contributed by atoms with Crippen molar-refractivity contribution >= 4 is 34.9 Å². The average molecular weight is 411 g/mol. The standard InChI is InChI=1S/C20H19ClN6O2/c1-12-7-13(2)27(25-12)18-9-17(22-11-23-18)24-20(29)14-8-19(28)26(10-14)16-5-3-15(21)4-6-16/h3-7,9,11,14H,8,10H2,1-2H3,(H,22,23,24,29). The number of carbonyl (C=O) groups excluding carboxylic acids is 2. The van der Waals surface area contributed by atoms with E-state index in [0.29, 0.717) is 23.2 Å². The maximum absolute atomic E-state index is 12.7. The van der Waals surface area contributed by atoms with Crippen LogP contribution in [0.5, 0.6) is 0 Å². The van der Waals surface area contributed by atoms with E-state index in [-0.39, 0.29) is 18.2 Å². The highest BCUT2D eigenvalue weighted by Crippen LogP contribution is 2.27. The summed E-state index contributed by atoms with van der Waals surface area (Å²) in [7, 11) is 0. The number of halogens is 1. The third-order valence-electron chi connectivity index (χ3n) is 4.76. The minimum Gasteiger partial charge on any atom is -0.312 e. The molecule has 1 atom stereocenters. The molecule has 148 valence electrons. The first-order valence-electron chi connectivity index (χ1n) is 9.13. The first kappa shape index (κ1) is 19.1. The Labute approximate surface area is 172 Å². The van der Waals surface area contributed by atoms with Gasteiger partial charge in [-0.15, -0.1) is 0 Å². The summed E-state index contributed by atoms with van der Waals surface area (Å²) in [5.41, 5.74) is 2.53. The second kappa shape index (κ2) is 7.63. The highest BCUT2D eigenvalue weighted by molar-refractivity contribution is 6.30. The van der Waals surface area contributed by atoms with Crippen LogP contribution in [0.3, 0.4) is 0 Å². The molecule has 3 aromatic rings. The fourth-order valence-electron chi connectivity index (χ4n) is 3.37. The Morgan fingerprint density at radius 2 is 1.93 bits per heavy atom. The topological polar surface area (TPSA) is 93.0 Å². The van der Waals surface area contributed by atoms with Crippen LogP contribution in [0.1, 0.15) is 17.8 Å². The minimum atomic E-state index is -0.467. The van der Waals surface area contributed by atoms with Crippen molar-refractivity contribution in [3.05, 3.63) is 59.1 Å². The van der Waals surface area contributed by atoms with Crippen LogP contribution in [-0.2, 0) is 9.59 Å². The Hall–Kier alpha value is -3.26. The van der Waals surface area contributed by atoms with Gasteiger partial charge in [0, 0.05) is 35.4 Å². The van der Waals surface area contributed by atoms with Crippen LogP contribution >= 0.6 is 11.6 Å². The van der Waals surface area contributed by atoms with Crippen molar-refractivity contribution in [2.24, 2.45) is 5.92 Å². The molecule has 1 aliphatic rings.